The lowest BCUT2D eigenvalue weighted by Gasteiger charge is -2.26. The SMILES string of the molecule is COc1ccc(CC(NC(=O)CNC(=O)C2=C(C)c3ccccc3C2)C(=O)NC(CC2CCCC2)C(=O)C2(C)CO2)cc1. The molecule has 9 heteroatoms. The number of rotatable bonds is 13. The summed E-state index contributed by atoms with van der Waals surface area (Å²) in [6.45, 7) is 3.72. The van der Waals surface area contributed by atoms with Gasteiger partial charge in [-0.25, -0.2) is 0 Å². The van der Waals surface area contributed by atoms with E-state index in [-0.39, 0.29) is 24.7 Å². The summed E-state index contributed by atoms with van der Waals surface area (Å²) in [4.78, 5) is 53.2. The van der Waals surface area contributed by atoms with Crippen LogP contribution in [0.15, 0.2) is 54.1 Å². The number of methoxy groups -OCH3 is 1. The lowest BCUT2D eigenvalue weighted by atomic mass is 9.90. The Bertz CT molecular complexity index is 1410. The predicted molar refractivity (Wildman–Crippen MR) is 162 cm³/mol. The molecule has 2 aromatic carbocycles. The highest BCUT2D eigenvalue weighted by Gasteiger charge is 2.50. The van der Waals surface area contributed by atoms with Crippen LogP contribution in [-0.4, -0.2) is 61.5 Å². The Morgan fingerprint density at radius 2 is 1.70 bits per heavy atom. The van der Waals surface area contributed by atoms with Gasteiger partial charge in [-0.3, -0.25) is 19.2 Å². The number of Topliss-reactive ketones (excluding diaryl/α,β-unsaturated/α-hetero) is 1. The standard InChI is InChI=1S/C34H41N3O6/c1-21-26-11-7-6-10-24(26)18-27(21)32(40)35-19-30(38)36-29(17-23-12-14-25(42-3)15-13-23)33(41)37-28(16-22-8-4-5-9-22)31(39)34(2)20-43-34/h6-7,10-15,22,28-29H,4-5,8-9,16-20H2,1-3H3,(H,35,40)(H,36,38)(H,37,41). The Hall–Kier alpha value is -3.98. The maximum atomic E-state index is 13.7. The van der Waals surface area contributed by atoms with Crippen molar-refractivity contribution in [2.75, 3.05) is 20.3 Å². The number of ketones is 1. The van der Waals surface area contributed by atoms with E-state index < -0.39 is 29.5 Å². The fourth-order valence-electron chi connectivity index (χ4n) is 6.20. The molecule has 3 unspecified atom stereocenters. The van der Waals surface area contributed by atoms with E-state index in [1.807, 2.05) is 43.3 Å². The molecule has 228 valence electrons. The molecule has 3 atom stereocenters. The first-order valence-corrected chi connectivity index (χ1v) is 15.1. The fourth-order valence-corrected chi connectivity index (χ4v) is 6.20. The number of nitrogens with one attached hydrogen (secondary N) is 3. The summed E-state index contributed by atoms with van der Waals surface area (Å²) in [5.74, 6) is -0.334. The number of hydrogen-bond acceptors (Lipinski definition) is 6. The minimum atomic E-state index is -0.957. The molecule has 2 fully saturated rings. The highest BCUT2D eigenvalue weighted by Crippen LogP contribution is 2.34. The maximum Gasteiger partial charge on any atom is 0.248 e. The zero-order valence-corrected chi connectivity index (χ0v) is 25.2. The molecule has 1 heterocycles. The van der Waals surface area contributed by atoms with E-state index in [4.69, 9.17) is 9.47 Å². The topological polar surface area (TPSA) is 126 Å². The van der Waals surface area contributed by atoms with Gasteiger partial charge in [-0.2, -0.15) is 0 Å². The summed E-state index contributed by atoms with van der Waals surface area (Å²) in [7, 11) is 1.58. The van der Waals surface area contributed by atoms with Crippen LogP contribution in [0.2, 0.25) is 0 Å². The van der Waals surface area contributed by atoms with Crippen molar-refractivity contribution in [1.82, 2.24) is 16.0 Å². The van der Waals surface area contributed by atoms with Crippen LogP contribution in [-0.2, 0) is 36.8 Å². The molecule has 5 rings (SSSR count). The summed E-state index contributed by atoms with van der Waals surface area (Å²) in [5.41, 5.74) is 3.59. The first-order valence-electron chi connectivity index (χ1n) is 15.1. The van der Waals surface area contributed by atoms with E-state index >= 15 is 0 Å². The number of epoxide rings is 1. The van der Waals surface area contributed by atoms with Crippen molar-refractivity contribution in [2.45, 2.75) is 76.5 Å². The molecule has 0 aromatic heterocycles. The Morgan fingerprint density at radius 1 is 1.00 bits per heavy atom. The fraction of sp³-hybridized carbons (Fsp3) is 0.471. The lowest BCUT2D eigenvalue weighted by molar-refractivity contribution is -0.133. The van der Waals surface area contributed by atoms with Crippen LogP contribution in [0.3, 0.4) is 0 Å². The largest absolute Gasteiger partial charge is 0.497 e. The molecule has 0 radical (unpaired) electrons. The summed E-state index contributed by atoms with van der Waals surface area (Å²) >= 11 is 0. The third kappa shape index (κ3) is 7.33. The minimum Gasteiger partial charge on any atom is -0.497 e. The highest BCUT2D eigenvalue weighted by atomic mass is 16.6. The first kappa shape index (κ1) is 30.5. The summed E-state index contributed by atoms with van der Waals surface area (Å²) in [6, 6.07) is 13.5. The smallest absolute Gasteiger partial charge is 0.248 e. The molecular formula is C34H41N3O6. The molecule has 3 N–H and O–H groups in total. The minimum absolute atomic E-state index is 0.129. The van der Waals surface area contributed by atoms with Crippen molar-refractivity contribution in [2.24, 2.45) is 5.92 Å². The van der Waals surface area contributed by atoms with Crippen LogP contribution in [0.4, 0.5) is 0 Å². The number of carbonyl (C=O) groups excluding carboxylic acids is 4. The van der Waals surface area contributed by atoms with E-state index in [1.54, 1.807) is 26.2 Å². The van der Waals surface area contributed by atoms with Crippen LogP contribution in [0.1, 0.15) is 62.6 Å². The van der Waals surface area contributed by atoms with Crippen LogP contribution in [0.25, 0.3) is 5.57 Å². The van der Waals surface area contributed by atoms with Gasteiger partial charge in [0.2, 0.25) is 17.7 Å². The molecular weight excluding hydrogens is 546 g/mol. The average Bonchev–Trinajstić information content (AvgIpc) is 3.39. The van der Waals surface area contributed by atoms with Crippen LogP contribution in [0.5, 0.6) is 5.75 Å². The van der Waals surface area contributed by atoms with Gasteiger partial charge in [-0.05, 0) is 60.6 Å². The average molecular weight is 588 g/mol. The number of hydrogen-bond donors (Lipinski definition) is 3. The van der Waals surface area contributed by atoms with Gasteiger partial charge in [0.15, 0.2) is 5.78 Å². The molecule has 9 nitrogen and oxygen atoms in total. The molecule has 1 saturated heterocycles. The van der Waals surface area contributed by atoms with E-state index in [2.05, 4.69) is 16.0 Å². The Morgan fingerprint density at radius 3 is 2.35 bits per heavy atom. The van der Waals surface area contributed by atoms with Crippen molar-refractivity contribution in [3.8, 4) is 5.75 Å². The van der Waals surface area contributed by atoms with Gasteiger partial charge in [-0.15, -0.1) is 0 Å². The van der Waals surface area contributed by atoms with Crippen molar-refractivity contribution >= 4 is 29.1 Å². The quantitative estimate of drug-likeness (QED) is 0.309. The number of ether oxygens (including phenoxy) is 2. The molecule has 3 aliphatic rings. The molecule has 1 saturated carbocycles. The Balaban J connectivity index is 1.26. The number of fused-ring (bicyclic) bond motifs is 1. The maximum absolute atomic E-state index is 13.7. The summed E-state index contributed by atoms with van der Waals surface area (Å²) < 4.78 is 10.7. The van der Waals surface area contributed by atoms with Gasteiger partial charge in [-0.1, -0.05) is 62.1 Å². The lowest BCUT2D eigenvalue weighted by Crippen LogP contribution is -2.55. The predicted octanol–water partition coefficient (Wildman–Crippen LogP) is 3.29. The van der Waals surface area contributed by atoms with Crippen molar-refractivity contribution < 1.29 is 28.7 Å². The third-order valence-corrected chi connectivity index (χ3v) is 8.95. The van der Waals surface area contributed by atoms with Gasteiger partial charge >= 0.3 is 0 Å². The number of amides is 3. The van der Waals surface area contributed by atoms with E-state index in [0.717, 1.165) is 47.9 Å². The molecule has 2 aromatic rings. The molecule has 43 heavy (non-hydrogen) atoms. The van der Waals surface area contributed by atoms with E-state index in [1.165, 1.54) is 0 Å². The summed E-state index contributed by atoms with van der Waals surface area (Å²) in [5, 5.41) is 8.49. The van der Waals surface area contributed by atoms with Gasteiger partial charge in [0, 0.05) is 18.4 Å². The number of allylic oxidation sites excluding steroid dienone is 1. The third-order valence-electron chi connectivity index (χ3n) is 8.95. The van der Waals surface area contributed by atoms with Crippen molar-refractivity contribution in [3.05, 3.63) is 70.8 Å². The number of benzene rings is 2. The zero-order chi connectivity index (χ0) is 30.6. The van der Waals surface area contributed by atoms with Gasteiger partial charge < -0.3 is 25.4 Å². The van der Waals surface area contributed by atoms with E-state index in [9.17, 15) is 19.2 Å². The molecule has 2 aliphatic carbocycles. The second kappa shape index (κ2) is 13.1. The van der Waals surface area contributed by atoms with E-state index in [0.29, 0.717) is 36.7 Å². The molecule has 0 spiro atoms. The first-order chi connectivity index (χ1) is 20.7. The monoisotopic (exact) mass is 587 g/mol. The Labute approximate surface area is 252 Å². The second-order valence-corrected chi connectivity index (χ2v) is 12.1. The van der Waals surface area contributed by atoms with Crippen LogP contribution in [0, 0.1) is 5.92 Å². The molecule has 1 aliphatic heterocycles. The van der Waals surface area contributed by atoms with Crippen molar-refractivity contribution in [3.63, 3.8) is 0 Å². The van der Waals surface area contributed by atoms with Gasteiger partial charge in [0.25, 0.3) is 0 Å². The van der Waals surface area contributed by atoms with Gasteiger partial charge in [0.1, 0.15) is 17.4 Å². The molecule has 3 amide bonds. The van der Waals surface area contributed by atoms with Crippen LogP contribution >= 0.6 is 0 Å². The normalized spacial score (nSPS) is 20.6. The number of carbonyl (C=O) groups is 4. The Kier molecular flexibility index (Phi) is 9.30. The van der Waals surface area contributed by atoms with Crippen LogP contribution < -0.4 is 20.7 Å². The van der Waals surface area contributed by atoms with Gasteiger partial charge in [0.05, 0.1) is 26.3 Å². The van der Waals surface area contributed by atoms with Crippen molar-refractivity contribution in [1.29, 1.82) is 0 Å². The zero-order valence-electron chi connectivity index (χ0n) is 25.2. The highest BCUT2D eigenvalue weighted by molar-refractivity contribution is 6.05. The second-order valence-electron chi connectivity index (χ2n) is 12.1. The summed E-state index contributed by atoms with van der Waals surface area (Å²) in [6.07, 6.45) is 5.58. The molecule has 0 bridgehead atoms.